The van der Waals surface area contributed by atoms with E-state index in [1.807, 2.05) is 0 Å². The Morgan fingerprint density at radius 3 is 2.25 bits per heavy atom. The molecule has 1 N–H and O–H groups in total. The van der Waals surface area contributed by atoms with Gasteiger partial charge >= 0.3 is 0 Å². The van der Waals surface area contributed by atoms with Crippen molar-refractivity contribution in [1.29, 1.82) is 0 Å². The van der Waals surface area contributed by atoms with E-state index in [1.165, 1.54) is 6.07 Å². The number of furan rings is 1. The highest BCUT2D eigenvalue weighted by molar-refractivity contribution is 6.30. The van der Waals surface area contributed by atoms with Crippen molar-refractivity contribution in [2.45, 2.75) is 6.61 Å². The number of ether oxygens (including phenoxy) is 1. The van der Waals surface area contributed by atoms with E-state index in [1.54, 1.807) is 29.6 Å². The second-order valence-corrected chi connectivity index (χ2v) is 5.85. The Kier molecular flexibility index (Phi) is 5.55. The monoisotopic (exact) mass is 417 g/mol. The van der Waals surface area contributed by atoms with Gasteiger partial charge < -0.3 is 14.5 Å². The Morgan fingerprint density at radius 1 is 0.964 bits per heavy atom. The van der Waals surface area contributed by atoms with Gasteiger partial charge in [-0.25, -0.2) is 22.0 Å². The predicted molar refractivity (Wildman–Crippen MR) is 88.7 cm³/mol. The Balaban J connectivity index is 1.73. The van der Waals surface area contributed by atoms with Gasteiger partial charge in [0.1, 0.15) is 23.8 Å². The molecular formula is C18H9ClF5NO3. The third-order valence-corrected chi connectivity index (χ3v) is 3.75. The van der Waals surface area contributed by atoms with Crippen LogP contribution in [0.3, 0.4) is 0 Å². The number of benzene rings is 2. The fourth-order valence-electron chi connectivity index (χ4n) is 2.18. The maximum atomic E-state index is 13.6. The van der Waals surface area contributed by atoms with E-state index in [2.05, 4.69) is 0 Å². The van der Waals surface area contributed by atoms with Gasteiger partial charge in [0.2, 0.25) is 5.82 Å². The van der Waals surface area contributed by atoms with Crippen molar-refractivity contribution in [1.82, 2.24) is 0 Å². The van der Waals surface area contributed by atoms with Crippen LogP contribution in [0.15, 0.2) is 40.8 Å². The van der Waals surface area contributed by atoms with Crippen molar-refractivity contribution in [2.24, 2.45) is 0 Å². The maximum absolute atomic E-state index is 13.6. The molecule has 3 rings (SSSR count). The first-order valence-corrected chi connectivity index (χ1v) is 7.95. The second kappa shape index (κ2) is 7.89. The van der Waals surface area contributed by atoms with Crippen LogP contribution in [0.1, 0.15) is 16.3 Å². The summed E-state index contributed by atoms with van der Waals surface area (Å²) in [6.45, 7) is -0.101. The zero-order valence-electron chi connectivity index (χ0n) is 13.7. The molecule has 146 valence electrons. The second-order valence-electron chi connectivity index (χ2n) is 5.41. The van der Waals surface area contributed by atoms with Gasteiger partial charge in [-0.2, -0.15) is 0 Å². The number of hydrogen-bond donors (Lipinski definition) is 1. The minimum Gasteiger partial charge on any atom is -0.486 e. The number of anilines is 1. The first-order chi connectivity index (χ1) is 13.3. The molecule has 0 aliphatic rings. The fourth-order valence-corrected chi connectivity index (χ4v) is 2.36. The average molecular weight is 418 g/mol. The SMILES string of the molecule is O=C(Nc1c(F)c(F)c(F)c(F)c1F)c1ccc(COc2cccc(Cl)c2)o1. The van der Waals surface area contributed by atoms with Gasteiger partial charge in [0.25, 0.3) is 5.91 Å². The molecule has 1 heterocycles. The summed E-state index contributed by atoms with van der Waals surface area (Å²) in [5, 5.41) is 2.05. The lowest BCUT2D eigenvalue weighted by Crippen LogP contribution is -2.16. The van der Waals surface area contributed by atoms with Crippen LogP contribution >= 0.6 is 11.6 Å². The van der Waals surface area contributed by atoms with Crippen molar-refractivity contribution >= 4 is 23.2 Å². The van der Waals surface area contributed by atoms with E-state index in [-0.39, 0.29) is 12.4 Å². The third kappa shape index (κ3) is 3.94. The van der Waals surface area contributed by atoms with Crippen molar-refractivity contribution in [3.05, 3.63) is 82.0 Å². The summed E-state index contributed by atoms with van der Waals surface area (Å²) >= 11 is 5.81. The lowest BCUT2D eigenvalue weighted by Gasteiger charge is -2.08. The molecule has 0 saturated heterocycles. The van der Waals surface area contributed by atoms with Crippen LogP contribution in [0.25, 0.3) is 0 Å². The molecule has 0 unspecified atom stereocenters. The molecule has 0 saturated carbocycles. The van der Waals surface area contributed by atoms with Crippen LogP contribution in [-0.2, 0) is 6.61 Å². The van der Waals surface area contributed by atoms with Gasteiger partial charge in [-0.15, -0.1) is 0 Å². The number of amides is 1. The molecule has 0 atom stereocenters. The molecule has 1 aromatic heterocycles. The summed E-state index contributed by atoms with van der Waals surface area (Å²) in [6.07, 6.45) is 0. The quantitative estimate of drug-likeness (QED) is 0.341. The Labute approximate surface area is 159 Å². The number of carbonyl (C=O) groups is 1. The molecule has 0 radical (unpaired) electrons. The van der Waals surface area contributed by atoms with Crippen molar-refractivity contribution < 1.29 is 35.9 Å². The molecule has 0 bridgehead atoms. The maximum Gasteiger partial charge on any atom is 0.291 e. The average Bonchev–Trinajstić information content (AvgIpc) is 3.16. The third-order valence-electron chi connectivity index (χ3n) is 3.51. The summed E-state index contributed by atoms with van der Waals surface area (Å²) in [4.78, 5) is 12.0. The van der Waals surface area contributed by atoms with Crippen molar-refractivity contribution in [3.8, 4) is 5.75 Å². The van der Waals surface area contributed by atoms with Crippen LogP contribution in [0, 0.1) is 29.1 Å². The topological polar surface area (TPSA) is 51.5 Å². The zero-order chi connectivity index (χ0) is 20.4. The minimum absolute atomic E-state index is 0.101. The van der Waals surface area contributed by atoms with E-state index in [0.29, 0.717) is 10.8 Å². The van der Waals surface area contributed by atoms with E-state index in [9.17, 15) is 26.7 Å². The van der Waals surface area contributed by atoms with Crippen LogP contribution in [-0.4, -0.2) is 5.91 Å². The molecule has 2 aromatic carbocycles. The Morgan fingerprint density at radius 2 is 1.61 bits per heavy atom. The normalized spacial score (nSPS) is 10.8. The summed E-state index contributed by atoms with van der Waals surface area (Å²) in [7, 11) is 0. The molecule has 0 aliphatic heterocycles. The smallest absolute Gasteiger partial charge is 0.291 e. The lowest BCUT2D eigenvalue weighted by molar-refractivity contribution is 0.0991. The highest BCUT2D eigenvalue weighted by Crippen LogP contribution is 2.27. The number of nitrogens with one attached hydrogen (secondary N) is 1. The highest BCUT2D eigenvalue weighted by Gasteiger charge is 2.27. The van der Waals surface area contributed by atoms with Crippen LogP contribution < -0.4 is 10.1 Å². The van der Waals surface area contributed by atoms with Gasteiger partial charge in [-0.05, 0) is 30.3 Å². The number of hydrogen-bond acceptors (Lipinski definition) is 3. The minimum atomic E-state index is -2.33. The number of carbonyl (C=O) groups excluding carboxylic acids is 1. The summed E-state index contributed by atoms with van der Waals surface area (Å²) in [5.74, 6) is -12.0. The van der Waals surface area contributed by atoms with E-state index in [0.717, 1.165) is 6.07 Å². The molecular weight excluding hydrogens is 409 g/mol. The molecule has 0 fully saturated rings. The van der Waals surface area contributed by atoms with Gasteiger partial charge in [0, 0.05) is 5.02 Å². The van der Waals surface area contributed by atoms with E-state index >= 15 is 0 Å². The van der Waals surface area contributed by atoms with Gasteiger partial charge in [0.15, 0.2) is 29.0 Å². The van der Waals surface area contributed by atoms with Crippen LogP contribution in [0.4, 0.5) is 27.6 Å². The Hall–Kier alpha value is -3.07. The number of rotatable bonds is 5. The first kappa shape index (κ1) is 19.7. The molecule has 10 heteroatoms. The Bertz CT molecular complexity index is 1020. The summed E-state index contributed by atoms with van der Waals surface area (Å²) < 4.78 is 77.2. The molecule has 28 heavy (non-hydrogen) atoms. The van der Waals surface area contributed by atoms with E-state index < -0.39 is 46.4 Å². The van der Waals surface area contributed by atoms with Gasteiger partial charge in [-0.1, -0.05) is 17.7 Å². The standard InChI is InChI=1S/C18H9ClF5NO3/c19-8-2-1-3-9(6-8)27-7-10-4-5-11(28-10)18(26)25-17-15(23)13(21)12(20)14(22)16(17)24/h1-6H,7H2,(H,25,26). The fraction of sp³-hybridized carbons (Fsp3) is 0.0556. The predicted octanol–water partition coefficient (Wildman–Crippen LogP) is 5.46. The van der Waals surface area contributed by atoms with Crippen molar-refractivity contribution in [3.63, 3.8) is 0 Å². The lowest BCUT2D eigenvalue weighted by atomic mass is 10.2. The summed E-state index contributed by atoms with van der Waals surface area (Å²) in [6, 6.07) is 8.97. The van der Waals surface area contributed by atoms with Crippen LogP contribution in [0.5, 0.6) is 5.75 Å². The number of halogens is 6. The molecule has 4 nitrogen and oxygen atoms in total. The van der Waals surface area contributed by atoms with Gasteiger partial charge in [0.05, 0.1) is 0 Å². The van der Waals surface area contributed by atoms with E-state index in [4.69, 9.17) is 20.8 Å². The molecule has 0 spiro atoms. The first-order valence-electron chi connectivity index (χ1n) is 7.57. The van der Waals surface area contributed by atoms with Crippen molar-refractivity contribution in [2.75, 3.05) is 5.32 Å². The highest BCUT2D eigenvalue weighted by atomic mass is 35.5. The molecule has 1 amide bonds. The summed E-state index contributed by atoms with van der Waals surface area (Å²) in [5.41, 5.74) is -1.48. The molecule has 3 aromatic rings. The van der Waals surface area contributed by atoms with Crippen LogP contribution in [0.2, 0.25) is 5.02 Å². The molecule has 0 aliphatic carbocycles. The largest absolute Gasteiger partial charge is 0.486 e. The zero-order valence-corrected chi connectivity index (χ0v) is 14.4. The van der Waals surface area contributed by atoms with Gasteiger partial charge in [-0.3, -0.25) is 4.79 Å².